The van der Waals surface area contributed by atoms with Crippen molar-refractivity contribution in [2.24, 2.45) is 0 Å². The topological polar surface area (TPSA) is 61.4 Å². The summed E-state index contributed by atoms with van der Waals surface area (Å²) < 4.78 is 28.9. The molecule has 5 nitrogen and oxygen atoms in total. The van der Waals surface area contributed by atoms with Gasteiger partial charge < -0.3 is 5.32 Å². The molecule has 1 aliphatic heterocycles. The van der Waals surface area contributed by atoms with Crippen LogP contribution in [0, 0.1) is 0 Å². The molecular weight excluding hydrogens is 286 g/mol. The van der Waals surface area contributed by atoms with Crippen LogP contribution >= 0.6 is 0 Å². The first-order valence-corrected chi connectivity index (χ1v) is 8.73. The van der Waals surface area contributed by atoms with Crippen LogP contribution in [-0.2, 0) is 16.8 Å². The molecule has 116 valence electrons. The van der Waals surface area contributed by atoms with Crippen LogP contribution in [-0.4, -0.2) is 38.9 Å². The second-order valence-electron chi connectivity index (χ2n) is 5.05. The Balaban J connectivity index is 1.97. The van der Waals surface area contributed by atoms with E-state index in [2.05, 4.69) is 16.1 Å². The van der Waals surface area contributed by atoms with E-state index < -0.39 is 10.2 Å². The summed E-state index contributed by atoms with van der Waals surface area (Å²) in [4.78, 5) is 0. The smallest absolute Gasteiger partial charge is 0.280 e. The average Bonchev–Trinajstić information content (AvgIpc) is 2.52. The van der Waals surface area contributed by atoms with Crippen LogP contribution in [0.2, 0.25) is 0 Å². The minimum absolute atomic E-state index is 0.396. The number of hydrogen-bond donors (Lipinski definition) is 2. The molecule has 0 aromatic heterocycles. The van der Waals surface area contributed by atoms with Crippen molar-refractivity contribution >= 4 is 10.2 Å². The van der Waals surface area contributed by atoms with Gasteiger partial charge in [0.1, 0.15) is 0 Å². The minimum atomic E-state index is -3.45. The fourth-order valence-electron chi connectivity index (χ4n) is 2.26. The second kappa shape index (κ2) is 7.70. The second-order valence-corrected chi connectivity index (χ2v) is 6.81. The maximum absolute atomic E-state index is 12.4. The lowest BCUT2D eigenvalue weighted by Crippen LogP contribution is -2.41. The summed E-state index contributed by atoms with van der Waals surface area (Å²) in [5.41, 5.74) is 2.14. The molecule has 0 spiro atoms. The van der Waals surface area contributed by atoms with Gasteiger partial charge >= 0.3 is 0 Å². The van der Waals surface area contributed by atoms with E-state index in [1.807, 2.05) is 37.3 Å². The third-order valence-electron chi connectivity index (χ3n) is 3.53. The highest BCUT2D eigenvalue weighted by Crippen LogP contribution is 2.09. The van der Waals surface area contributed by atoms with E-state index in [9.17, 15) is 8.42 Å². The summed E-state index contributed by atoms with van der Waals surface area (Å²) in [6.45, 7) is 4.83. The predicted molar refractivity (Wildman–Crippen MR) is 85.0 cm³/mol. The lowest BCUT2D eigenvalue weighted by Gasteiger charge is -2.22. The highest BCUT2D eigenvalue weighted by atomic mass is 32.2. The van der Waals surface area contributed by atoms with Crippen LogP contribution in [0.15, 0.2) is 42.0 Å². The van der Waals surface area contributed by atoms with Crippen molar-refractivity contribution < 1.29 is 8.42 Å². The van der Waals surface area contributed by atoms with Crippen molar-refractivity contribution in [2.75, 3.05) is 26.2 Å². The molecule has 1 aliphatic rings. The maximum atomic E-state index is 12.4. The Kier molecular flexibility index (Phi) is 5.93. The molecule has 0 atom stereocenters. The van der Waals surface area contributed by atoms with E-state index in [1.165, 1.54) is 4.31 Å². The van der Waals surface area contributed by atoms with Crippen LogP contribution in [0.5, 0.6) is 0 Å². The van der Waals surface area contributed by atoms with Gasteiger partial charge in [-0.1, -0.05) is 48.9 Å². The Morgan fingerprint density at radius 2 is 2.05 bits per heavy atom. The Morgan fingerprint density at radius 3 is 2.67 bits per heavy atom. The standard InChI is InChI=1S/C15H23N3O2S/c1-2-18(13-15-6-4-3-5-7-15)21(19,20)17-12-14-8-10-16-11-9-14/h3-8,16-17H,2,9-13H2,1H3. The van der Waals surface area contributed by atoms with Crippen LogP contribution in [0.25, 0.3) is 0 Å². The molecule has 0 bridgehead atoms. The zero-order valence-electron chi connectivity index (χ0n) is 12.4. The van der Waals surface area contributed by atoms with Crippen molar-refractivity contribution in [3.8, 4) is 0 Å². The third kappa shape index (κ3) is 4.93. The summed E-state index contributed by atoms with van der Waals surface area (Å²) in [5.74, 6) is 0. The molecule has 2 N–H and O–H groups in total. The zero-order chi connectivity index (χ0) is 15.1. The fraction of sp³-hybridized carbons (Fsp3) is 0.467. The summed E-state index contributed by atoms with van der Waals surface area (Å²) in [6.07, 6.45) is 2.95. The molecule has 0 unspecified atom stereocenters. The Morgan fingerprint density at radius 1 is 1.29 bits per heavy atom. The SMILES string of the molecule is CCN(Cc1ccccc1)S(=O)(=O)NCC1=CCNCC1. The van der Waals surface area contributed by atoms with Gasteiger partial charge in [0.05, 0.1) is 0 Å². The fourth-order valence-corrected chi connectivity index (χ4v) is 3.47. The van der Waals surface area contributed by atoms with Gasteiger partial charge in [-0.25, -0.2) is 0 Å². The largest absolute Gasteiger partial charge is 0.313 e. The summed E-state index contributed by atoms with van der Waals surface area (Å²) >= 11 is 0. The molecule has 1 aromatic carbocycles. The average molecular weight is 309 g/mol. The number of rotatable bonds is 7. The van der Waals surface area contributed by atoms with Gasteiger partial charge in [0.2, 0.25) is 0 Å². The zero-order valence-corrected chi connectivity index (χ0v) is 13.2. The van der Waals surface area contributed by atoms with E-state index in [0.29, 0.717) is 19.6 Å². The van der Waals surface area contributed by atoms with E-state index in [-0.39, 0.29) is 0 Å². The van der Waals surface area contributed by atoms with Gasteiger partial charge in [-0.2, -0.15) is 17.4 Å². The molecule has 21 heavy (non-hydrogen) atoms. The molecule has 0 aliphatic carbocycles. The summed E-state index contributed by atoms with van der Waals surface area (Å²) in [6, 6.07) is 9.64. The van der Waals surface area contributed by atoms with Crippen molar-refractivity contribution in [1.29, 1.82) is 0 Å². The highest BCUT2D eigenvalue weighted by molar-refractivity contribution is 7.87. The molecular formula is C15H23N3O2S. The monoisotopic (exact) mass is 309 g/mol. The van der Waals surface area contributed by atoms with Gasteiger partial charge in [0.25, 0.3) is 10.2 Å². The number of hydrogen-bond acceptors (Lipinski definition) is 3. The number of nitrogens with one attached hydrogen (secondary N) is 2. The molecule has 0 saturated carbocycles. The summed E-state index contributed by atoms with van der Waals surface area (Å²) in [7, 11) is -3.45. The van der Waals surface area contributed by atoms with Crippen LogP contribution < -0.4 is 10.0 Å². The Labute approximate surface area is 127 Å². The molecule has 6 heteroatoms. The van der Waals surface area contributed by atoms with Gasteiger partial charge in [0, 0.05) is 26.2 Å². The predicted octanol–water partition coefficient (Wildman–Crippen LogP) is 1.26. The van der Waals surface area contributed by atoms with Gasteiger partial charge in [-0.15, -0.1) is 0 Å². The third-order valence-corrected chi connectivity index (χ3v) is 5.11. The molecule has 1 aromatic rings. The normalized spacial score (nSPS) is 16.0. The Hall–Kier alpha value is -1.21. The van der Waals surface area contributed by atoms with Crippen molar-refractivity contribution in [3.05, 3.63) is 47.5 Å². The first-order valence-electron chi connectivity index (χ1n) is 7.29. The van der Waals surface area contributed by atoms with E-state index in [1.54, 1.807) is 0 Å². The highest BCUT2D eigenvalue weighted by Gasteiger charge is 2.20. The van der Waals surface area contributed by atoms with Gasteiger partial charge in [-0.3, -0.25) is 0 Å². The van der Waals surface area contributed by atoms with Gasteiger partial charge in [0.15, 0.2) is 0 Å². The first-order chi connectivity index (χ1) is 10.1. The maximum Gasteiger partial charge on any atom is 0.280 e. The van der Waals surface area contributed by atoms with Crippen LogP contribution in [0.3, 0.4) is 0 Å². The minimum Gasteiger partial charge on any atom is -0.313 e. The van der Waals surface area contributed by atoms with Crippen molar-refractivity contribution in [3.63, 3.8) is 0 Å². The molecule has 0 amide bonds. The molecule has 0 saturated heterocycles. The van der Waals surface area contributed by atoms with E-state index >= 15 is 0 Å². The molecule has 1 heterocycles. The lowest BCUT2D eigenvalue weighted by molar-refractivity contribution is 0.415. The molecule has 2 rings (SSSR count). The van der Waals surface area contributed by atoms with Crippen molar-refractivity contribution in [2.45, 2.75) is 19.9 Å². The number of benzene rings is 1. The van der Waals surface area contributed by atoms with Crippen LogP contribution in [0.4, 0.5) is 0 Å². The van der Waals surface area contributed by atoms with Gasteiger partial charge in [-0.05, 0) is 18.5 Å². The Bertz CT molecular complexity index is 570. The van der Waals surface area contributed by atoms with E-state index in [0.717, 1.165) is 30.6 Å². The first kappa shape index (κ1) is 16.2. The van der Waals surface area contributed by atoms with Crippen molar-refractivity contribution in [1.82, 2.24) is 14.3 Å². The number of nitrogens with zero attached hydrogens (tertiary/aromatic N) is 1. The lowest BCUT2D eigenvalue weighted by atomic mass is 10.1. The summed E-state index contributed by atoms with van der Waals surface area (Å²) in [5, 5.41) is 3.21. The molecule has 0 radical (unpaired) electrons. The molecule has 0 fully saturated rings. The quantitative estimate of drug-likeness (QED) is 0.746. The van der Waals surface area contributed by atoms with E-state index in [4.69, 9.17) is 0 Å². The van der Waals surface area contributed by atoms with Crippen LogP contribution in [0.1, 0.15) is 18.9 Å².